The number of cyclic esters (lactones) is 1. The van der Waals surface area contributed by atoms with Gasteiger partial charge in [0.05, 0.1) is 5.33 Å². The number of hydrogen-bond acceptors (Lipinski definition) is 2. The highest BCUT2D eigenvalue weighted by molar-refractivity contribution is 9.13. The predicted molar refractivity (Wildman–Crippen MR) is 62.4 cm³/mol. The van der Waals surface area contributed by atoms with Crippen molar-refractivity contribution in [1.29, 1.82) is 0 Å². The van der Waals surface area contributed by atoms with Gasteiger partial charge in [-0.3, -0.25) is 0 Å². The summed E-state index contributed by atoms with van der Waals surface area (Å²) in [6.07, 6.45) is 1.84. The number of rotatable bonds is 3. The van der Waals surface area contributed by atoms with Crippen molar-refractivity contribution in [3.8, 4) is 0 Å². The van der Waals surface area contributed by atoms with E-state index in [1.807, 2.05) is 0 Å². The molecule has 1 atom stereocenters. The fourth-order valence-electron chi connectivity index (χ4n) is 1.19. The van der Waals surface area contributed by atoms with Gasteiger partial charge < -0.3 is 4.74 Å². The van der Waals surface area contributed by atoms with Gasteiger partial charge in [-0.2, -0.15) is 0 Å². The summed E-state index contributed by atoms with van der Waals surface area (Å²) in [7, 11) is 0. The van der Waals surface area contributed by atoms with Crippen LogP contribution in [0.4, 0.5) is 0 Å². The molecule has 0 bridgehead atoms. The van der Waals surface area contributed by atoms with Crippen LogP contribution in [0.15, 0.2) is 10.1 Å². The zero-order valence-corrected chi connectivity index (χ0v) is 11.8. The van der Waals surface area contributed by atoms with E-state index in [4.69, 9.17) is 4.74 Å². The predicted octanol–water partition coefficient (Wildman–Crippen LogP) is 3.48. The van der Waals surface area contributed by atoms with Gasteiger partial charge in [0.1, 0.15) is 4.48 Å². The smallest absolute Gasteiger partial charge is 0.347 e. The van der Waals surface area contributed by atoms with E-state index in [1.54, 1.807) is 0 Å². The molecule has 1 aliphatic rings. The first-order chi connectivity index (χ1) is 6.05. The number of ether oxygens (including phenoxy) is 1. The molecule has 5 heteroatoms. The molecule has 0 aromatic carbocycles. The third-order valence-electron chi connectivity index (χ3n) is 1.82. The van der Waals surface area contributed by atoms with Crippen molar-refractivity contribution in [3.05, 3.63) is 10.1 Å². The van der Waals surface area contributed by atoms with E-state index in [2.05, 4.69) is 54.7 Å². The summed E-state index contributed by atoms with van der Waals surface area (Å²) in [5, 5.41) is 0.566. The highest BCUT2D eigenvalue weighted by Gasteiger charge is 2.43. The zero-order valence-electron chi connectivity index (χ0n) is 7.07. The van der Waals surface area contributed by atoms with Gasteiger partial charge in [-0.25, -0.2) is 4.79 Å². The number of halogens is 3. The minimum absolute atomic E-state index is 0.292. The largest absolute Gasteiger partial charge is 0.438 e. The number of esters is 1. The lowest BCUT2D eigenvalue weighted by Gasteiger charge is -2.21. The Kier molecular flexibility index (Phi) is 4.01. The lowest BCUT2D eigenvalue weighted by Crippen LogP contribution is -2.26. The maximum Gasteiger partial charge on any atom is 0.347 e. The minimum atomic E-state index is -0.640. The van der Waals surface area contributed by atoms with Crippen molar-refractivity contribution in [2.24, 2.45) is 0 Å². The van der Waals surface area contributed by atoms with Crippen molar-refractivity contribution in [2.45, 2.75) is 24.3 Å². The van der Waals surface area contributed by atoms with E-state index in [0.717, 1.165) is 18.4 Å². The average Bonchev–Trinajstić information content (AvgIpc) is 2.31. The summed E-state index contributed by atoms with van der Waals surface area (Å²) in [5.74, 6) is -0.292. The van der Waals surface area contributed by atoms with Gasteiger partial charge in [-0.15, -0.1) is 0 Å². The molecule has 0 aromatic rings. The molecule has 0 N–H and O–H groups in total. The fourth-order valence-corrected chi connectivity index (χ4v) is 3.06. The van der Waals surface area contributed by atoms with Crippen LogP contribution in [0.25, 0.3) is 0 Å². The molecule has 1 unspecified atom stereocenters. The highest BCUT2D eigenvalue weighted by Crippen LogP contribution is 2.43. The van der Waals surface area contributed by atoms with E-state index >= 15 is 0 Å². The molecule has 0 aromatic heterocycles. The van der Waals surface area contributed by atoms with Gasteiger partial charge in [0, 0.05) is 5.57 Å². The van der Waals surface area contributed by atoms with Crippen LogP contribution in [-0.4, -0.2) is 15.8 Å². The Labute approximate surface area is 102 Å². The van der Waals surface area contributed by atoms with E-state index in [-0.39, 0.29) is 5.97 Å². The molecule has 0 saturated carbocycles. The van der Waals surface area contributed by atoms with Crippen molar-refractivity contribution in [3.63, 3.8) is 0 Å². The minimum Gasteiger partial charge on any atom is -0.438 e. The van der Waals surface area contributed by atoms with Gasteiger partial charge in [-0.1, -0.05) is 29.3 Å². The van der Waals surface area contributed by atoms with Crippen LogP contribution >= 0.6 is 47.8 Å². The van der Waals surface area contributed by atoms with Gasteiger partial charge in [0.15, 0.2) is 4.51 Å². The SMILES string of the molecule is CCCC1=C(Br)C(=O)OC1(Br)CBr. The molecule has 0 amide bonds. The summed E-state index contributed by atoms with van der Waals surface area (Å²) >= 11 is 9.98. The van der Waals surface area contributed by atoms with E-state index in [0.29, 0.717) is 9.81 Å². The first kappa shape index (κ1) is 11.7. The molecule has 13 heavy (non-hydrogen) atoms. The second-order valence-corrected chi connectivity index (χ2v) is 5.43. The third-order valence-corrected chi connectivity index (χ3v) is 5.09. The van der Waals surface area contributed by atoms with Gasteiger partial charge >= 0.3 is 5.97 Å². The summed E-state index contributed by atoms with van der Waals surface area (Å²) in [6, 6.07) is 0. The molecule has 0 radical (unpaired) electrons. The maximum absolute atomic E-state index is 11.3. The Morgan fingerprint density at radius 1 is 1.54 bits per heavy atom. The highest BCUT2D eigenvalue weighted by atomic mass is 79.9. The van der Waals surface area contributed by atoms with Crippen LogP contribution < -0.4 is 0 Å². The number of alkyl halides is 2. The molecule has 1 rings (SSSR count). The lowest BCUT2D eigenvalue weighted by molar-refractivity contribution is -0.139. The molecular weight excluding hydrogens is 368 g/mol. The molecule has 0 aliphatic carbocycles. The number of hydrogen-bond donors (Lipinski definition) is 0. The summed E-state index contributed by atoms with van der Waals surface area (Å²) in [6.45, 7) is 2.07. The summed E-state index contributed by atoms with van der Waals surface area (Å²) < 4.78 is 5.11. The third kappa shape index (κ3) is 2.18. The molecule has 1 heterocycles. The van der Waals surface area contributed by atoms with Crippen molar-refractivity contribution in [2.75, 3.05) is 5.33 Å². The molecular formula is C8H9Br3O2. The Morgan fingerprint density at radius 3 is 2.62 bits per heavy atom. The molecule has 0 saturated heterocycles. The van der Waals surface area contributed by atoms with E-state index in [1.165, 1.54) is 0 Å². The van der Waals surface area contributed by atoms with Crippen LogP contribution in [0, 0.1) is 0 Å². The Balaban J connectivity index is 2.99. The van der Waals surface area contributed by atoms with Crippen LogP contribution in [0.3, 0.4) is 0 Å². The molecule has 2 nitrogen and oxygen atoms in total. The monoisotopic (exact) mass is 374 g/mol. The van der Waals surface area contributed by atoms with Crippen molar-refractivity contribution in [1.82, 2.24) is 0 Å². The topological polar surface area (TPSA) is 26.3 Å². The van der Waals surface area contributed by atoms with Crippen LogP contribution in [-0.2, 0) is 9.53 Å². The molecule has 74 valence electrons. The number of carbonyl (C=O) groups excluding carboxylic acids is 1. The maximum atomic E-state index is 11.3. The number of carbonyl (C=O) groups is 1. The second kappa shape index (κ2) is 4.45. The second-order valence-electron chi connectivity index (χ2n) is 2.79. The Morgan fingerprint density at radius 2 is 2.15 bits per heavy atom. The first-order valence-corrected chi connectivity index (χ1v) is 6.63. The summed E-state index contributed by atoms with van der Waals surface area (Å²) in [5.41, 5.74) is 0.983. The standard InChI is InChI=1S/C8H9Br3O2/c1-2-3-5-6(10)7(12)13-8(5,11)4-9/h2-4H2,1H3. The van der Waals surface area contributed by atoms with Gasteiger partial charge in [0.2, 0.25) is 0 Å². The Hall–Kier alpha value is 0.650. The Bertz CT molecular complexity index is 262. The molecule has 0 spiro atoms. The van der Waals surface area contributed by atoms with Crippen LogP contribution in [0.5, 0.6) is 0 Å². The normalized spacial score (nSPS) is 28.2. The molecule has 1 aliphatic heterocycles. The first-order valence-electron chi connectivity index (χ1n) is 3.92. The van der Waals surface area contributed by atoms with Crippen LogP contribution in [0.2, 0.25) is 0 Å². The molecule has 0 fully saturated rings. The van der Waals surface area contributed by atoms with Crippen molar-refractivity contribution >= 4 is 53.8 Å². The van der Waals surface area contributed by atoms with E-state index < -0.39 is 4.51 Å². The van der Waals surface area contributed by atoms with Crippen LogP contribution in [0.1, 0.15) is 19.8 Å². The fraction of sp³-hybridized carbons (Fsp3) is 0.625. The quantitative estimate of drug-likeness (QED) is 0.557. The zero-order chi connectivity index (χ0) is 10.1. The van der Waals surface area contributed by atoms with Crippen molar-refractivity contribution < 1.29 is 9.53 Å². The van der Waals surface area contributed by atoms with E-state index in [9.17, 15) is 4.79 Å². The average molecular weight is 377 g/mol. The summed E-state index contributed by atoms with van der Waals surface area (Å²) in [4.78, 5) is 11.3. The lowest BCUT2D eigenvalue weighted by atomic mass is 10.1. The van der Waals surface area contributed by atoms with Gasteiger partial charge in [0.25, 0.3) is 0 Å². The van der Waals surface area contributed by atoms with Gasteiger partial charge in [-0.05, 0) is 38.3 Å².